The second-order valence-electron chi connectivity index (χ2n) is 4.65. The van der Waals surface area contributed by atoms with Gasteiger partial charge in [0.25, 0.3) is 0 Å². The van der Waals surface area contributed by atoms with Crippen LogP contribution in [0.25, 0.3) is 0 Å². The molecule has 2 aromatic carbocycles. The molecule has 1 N–H and O–H groups in total. The number of esters is 2. The molecule has 2 aliphatic rings. The zero-order chi connectivity index (χ0) is 15.9. The van der Waals surface area contributed by atoms with Crippen LogP contribution in [-0.2, 0) is 4.74 Å². The zero-order valence-electron chi connectivity index (χ0n) is 11.0. The predicted octanol–water partition coefficient (Wildman–Crippen LogP) is 1.93. The molecule has 2 aliphatic heterocycles. The van der Waals surface area contributed by atoms with Crippen molar-refractivity contribution in [2.24, 2.45) is 0 Å². The lowest BCUT2D eigenvalue weighted by molar-refractivity contribution is 0.0392. The molecule has 6 heteroatoms. The molecule has 2 aromatic rings. The average molecular weight is 296 g/mol. The van der Waals surface area contributed by atoms with Crippen LogP contribution in [0.4, 0.5) is 0 Å². The molecule has 4 bridgehead atoms. The fourth-order valence-corrected chi connectivity index (χ4v) is 2.19. The summed E-state index contributed by atoms with van der Waals surface area (Å²) in [5.41, 5.74) is -0.321. The fraction of sp³-hybridized carbons (Fsp3) is 0. The quantitative estimate of drug-likeness (QED) is 0.637. The summed E-state index contributed by atoms with van der Waals surface area (Å²) in [4.78, 5) is 47.5. The van der Waals surface area contributed by atoms with Crippen molar-refractivity contribution in [3.8, 4) is 0 Å². The molecule has 0 atom stereocenters. The third-order valence-electron chi connectivity index (χ3n) is 3.28. The van der Waals surface area contributed by atoms with Gasteiger partial charge in [0.2, 0.25) is 0 Å². The maximum absolute atomic E-state index is 12.4. The van der Waals surface area contributed by atoms with Crippen molar-refractivity contribution < 1.29 is 29.0 Å². The van der Waals surface area contributed by atoms with Gasteiger partial charge in [0.1, 0.15) is 0 Å². The number of aromatic carboxylic acids is 1. The first-order valence-electron chi connectivity index (χ1n) is 6.26. The SMILES string of the molecule is O=C1OC(=O)c2ccc(cc2C(=O)O)C(=O)c2cccc1c2. The molecule has 6 nitrogen and oxygen atoms in total. The highest BCUT2D eigenvalue weighted by Gasteiger charge is 2.25. The lowest BCUT2D eigenvalue weighted by Gasteiger charge is -2.06. The van der Waals surface area contributed by atoms with Crippen molar-refractivity contribution in [2.45, 2.75) is 0 Å². The van der Waals surface area contributed by atoms with Crippen molar-refractivity contribution >= 4 is 23.7 Å². The van der Waals surface area contributed by atoms with Gasteiger partial charge < -0.3 is 9.84 Å². The maximum Gasteiger partial charge on any atom is 0.346 e. The van der Waals surface area contributed by atoms with Crippen molar-refractivity contribution in [3.63, 3.8) is 0 Å². The molecular weight excluding hydrogens is 288 g/mol. The fourth-order valence-electron chi connectivity index (χ4n) is 2.19. The Morgan fingerprint density at radius 3 is 2.27 bits per heavy atom. The molecule has 0 spiro atoms. The smallest absolute Gasteiger partial charge is 0.346 e. The van der Waals surface area contributed by atoms with Gasteiger partial charge in [0, 0.05) is 11.1 Å². The Labute approximate surface area is 123 Å². The van der Waals surface area contributed by atoms with Gasteiger partial charge in [0.15, 0.2) is 5.78 Å². The third-order valence-corrected chi connectivity index (χ3v) is 3.28. The van der Waals surface area contributed by atoms with Gasteiger partial charge in [0.05, 0.1) is 16.7 Å². The summed E-state index contributed by atoms with van der Waals surface area (Å²) in [6.45, 7) is 0. The van der Waals surface area contributed by atoms with Gasteiger partial charge >= 0.3 is 17.9 Å². The van der Waals surface area contributed by atoms with E-state index in [2.05, 4.69) is 4.74 Å². The summed E-state index contributed by atoms with van der Waals surface area (Å²) in [5, 5.41) is 9.19. The highest BCUT2D eigenvalue weighted by Crippen LogP contribution is 2.20. The number of rotatable bonds is 1. The summed E-state index contributed by atoms with van der Waals surface area (Å²) >= 11 is 0. The molecule has 0 radical (unpaired) electrons. The van der Waals surface area contributed by atoms with Crippen molar-refractivity contribution in [1.82, 2.24) is 0 Å². The topological polar surface area (TPSA) is 97.7 Å². The number of carbonyl (C=O) groups excluding carboxylic acids is 3. The molecule has 0 saturated heterocycles. The Morgan fingerprint density at radius 1 is 0.864 bits per heavy atom. The Hall–Kier alpha value is -3.28. The van der Waals surface area contributed by atoms with Gasteiger partial charge in [-0.25, -0.2) is 14.4 Å². The Balaban J connectivity index is 2.29. The van der Waals surface area contributed by atoms with Crippen LogP contribution in [0.1, 0.15) is 47.0 Å². The van der Waals surface area contributed by atoms with E-state index in [0.717, 1.165) is 6.07 Å². The zero-order valence-corrected chi connectivity index (χ0v) is 11.0. The van der Waals surface area contributed by atoms with E-state index >= 15 is 0 Å². The molecular formula is C16H8O6. The van der Waals surface area contributed by atoms with E-state index < -0.39 is 29.3 Å². The second kappa shape index (κ2) is 4.92. The first-order valence-corrected chi connectivity index (χ1v) is 6.26. The molecule has 108 valence electrons. The molecule has 2 heterocycles. The van der Waals surface area contributed by atoms with E-state index in [1.54, 1.807) is 0 Å². The first kappa shape index (κ1) is 13.7. The van der Waals surface area contributed by atoms with E-state index in [1.807, 2.05) is 0 Å². The largest absolute Gasteiger partial charge is 0.478 e. The van der Waals surface area contributed by atoms with E-state index in [1.165, 1.54) is 36.4 Å². The summed E-state index contributed by atoms with van der Waals surface area (Å²) in [6, 6.07) is 9.28. The highest BCUT2D eigenvalue weighted by molar-refractivity contribution is 6.14. The van der Waals surface area contributed by atoms with Crippen LogP contribution >= 0.6 is 0 Å². The molecule has 0 unspecified atom stereocenters. The normalized spacial score (nSPS) is 13.5. The van der Waals surface area contributed by atoms with Crippen LogP contribution in [0.15, 0.2) is 42.5 Å². The first-order chi connectivity index (χ1) is 10.5. The van der Waals surface area contributed by atoms with E-state index in [0.29, 0.717) is 0 Å². The van der Waals surface area contributed by atoms with Crippen LogP contribution < -0.4 is 0 Å². The van der Waals surface area contributed by atoms with Gasteiger partial charge in [-0.1, -0.05) is 18.2 Å². The monoisotopic (exact) mass is 296 g/mol. The van der Waals surface area contributed by atoms with Crippen LogP contribution in [0.2, 0.25) is 0 Å². The average Bonchev–Trinajstić information content (AvgIpc) is 2.54. The number of ketones is 1. The van der Waals surface area contributed by atoms with Gasteiger partial charge in [-0.05, 0) is 24.3 Å². The van der Waals surface area contributed by atoms with Crippen LogP contribution in [-0.4, -0.2) is 28.8 Å². The number of benzene rings is 2. The molecule has 0 amide bonds. The standard InChI is InChI=1S/C16H8O6/c17-13-8-2-1-3-10(6-8)15(20)22-16(21)11-5-4-9(13)7-12(11)14(18)19/h1-7H,(H,18,19). The number of fused-ring (bicyclic) bond motifs is 4. The van der Waals surface area contributed by atoms with Crippen LogP contribution in [0.3, 0.4) is 0 Å². The minimum atomic E-state index is -1.39. The molecule has 0 aliphatic carbocycles. The number of hydrogen-bond donors (Lipinski definition) is 1. The van der Waals surface area contributed by atoms with E-state index in [4.69, 9.17) is 0 Å². The number of hydrogen-bond acceptors (Lipinski definition) is 5. The van der Waals surface area contributed by atoms with Gasteiger partial charge in [-0.15, -0.1) is 0 Å². The summed E-state index contributed by atoms with van der Waals surface area (Å²) in [6.07, 6.45) is 0. The van der Waals surface area contributed by atoms with Gasteiger partial charge in [-0.3, -0.25) is 4.79 Å². The number of carbonyl (C=O) groups is 4. The molecule has 0 aromatic heterocycles. The van der Waals surface area contributed by atoms with Crippen LogP contribution in [0.5, 0.6) is 0 Å². The summed E-state index contributed by atoms with van der Waals surface area (Å²) in [5.74, 6) is -3.85. The van der Waals surface area contributed by atoms with Crippen LogP contribution in [0, 0.1) is 0 Å². The third kappa shape index (κ3) is 2.16. The number of carboxylic acid groups (broad SMARTS) is 1. The Bertz CT molecular complexity index is 849. The molecule has 22 heavy (non-hydrogen) atoms. The lowest BCUT2D eigenvalue weighted by atomic mass is 9.97. The highest BCUT2D eigenvalue weighted by atomic mass is 16.6. The van der Waals surface area contributed by atoms with Crippen molar-refractivity contribution in [1.29, 1.82) is 0 Å². The molecule has 0 saturated carbocycles. The summed E-state index contributed by atoms with van der Waals surface area (Å²) < 4.78 is 4.67. The minimum Gasteiger partial charge on any atom is -0.478 e. The maximum atomic E-state index is 12.4. The number of ether oxygens (including phenoxy) is 1. The van der Waals surface area contributed by atoms with E-state index in [-0.39, 0.29) is 22.3 Å². The Kier molecular flexibility index (Phi) is 3.06. The molecule has 4 rings (SSSR count). The lowest BCUT2D eigenvalue weighted by Crippen LogP contribution is -2.16. The van der Waals surface area contributed by atoms with Crippen molar-refractivity contribution in [3.05, 3.63) is 70.3 Å². The summed E-state index contributed by atoms with van der Waals surface area (Å²) in [7, 11) is 0. The van der Waals surface area contributed by atoms with Gasteiger partial charge in [-0.2, -0.15) is 0 Å². The minimum absolute atomic E-state index is 0.0403. The molecule has 0 fully saturated rings. The number of carboxylic acids is 1. The van der Waals surface area contributed by atoms with Crippen molar-refractivity contribution in [2.75, 3.05) is 0 Å². The van der Waals surface area contributed by atoms with E-state index in [9.17, 15) is 24.3 Å². The second-order valence-corrected chi connectivity index (χ2v) is 4.65. The predicted molar refractivity (Wildman–Crippen MR) is 73.0 cm³/mol. The Morgan fingerprint density at radius 2 is 1.55 bits per heavy atom.